The lowest BCUT2D eigenvalue weighted by atomic mass is 10.1. The maximum Gasteiger partial charge on any atom is 0.0825 e. The van der Waals surface area contributed by atoms with E-state index < -0.39 is 0 Å². The molecule has 0 saturated carbocycles. The molecule has 0 aliphatic carbocycles. The summed E-state index contributed by atoms with van der Waals surface area (Å²) in [4.78, 5) is 0. The van der Waals surface area contributed by atoms with Crippen molar-refractivity contribution < 1.29 is 4.74 Å². The molecule has 1 aromatic rings. The molecule has 15 heavy (non-hydrogen) atoms. The topological polar surface area (TPSA) is 53.1 Å². The predicted molar refractivity (Wildman–Crippen MR) is 61.7 cm³/mol. The van der Waals surface area contributed by atoms with Gasteiger partial charge in [-0.1, -0.05) is 0 Å². The Balaban J connectivity index is 2.72. The maximum atomic E-state index is 5.80. The van der Waals surface area contributed by atoms with E-state index in [2.05, 4.69) is 18.9 Å². The van der Waals surface area contributed by atoms with Crippen molar-refractivity contribution >= 4 is 5.69 Å². The Morgan fingerprint density at radius 1 is 1.53 bits per heavy atom. The van der Waals surface area contributed by atoms with Gasteiger partial charge in [0.15, 0.2) is 0 Å². The third-order valence-electron chi connectivity index (χ3n) is 2.23. The van der Waals surface area contributed by atoms with Gasteiger partial charge in [-0.2, -0.15) is 5.10 Å². The molecule has 4 nitrogen and oxygen atoms in total. The van der Waals surface area contributed by atoms with Crippen molar-refractivity contribution in [2.45, 2.75) is 52.9 Å². The number of nitrogens with two attached hydrogens (primary N) is 1. The molecular formula is C11H21N3O. The molecule has 1 heterocycles. The van der Waals surface area contributed by atoms with Crippen LogP contribution in [0.2, 0.25) is 0 Å². The maximum absolute atomic E-state index is 5.80. The summed E-state index contributed by atoms with van der Waals surface area (Å²) in [5.41, 5.74) is 7.24. The lowest BCUT2D eigenvalue weighted by Gasteiger charge is -2.28. The summed E-state index contributed by atoms with van der Waals surface area (Å²) in [5, 5.41) is 4.22. The summed E-state index contributed by atoms with van der Waals surface area (Å²) in [6.45, 7) is 10.9. The Hall–Kier alpha value is -1.03. The lowest BCUT2D eigenvalue weighted by Crippen LogP contribution is -2.34. The Kier molecular flexibility index (Phi) is 3.39. The van der Waals surface area contributed by atoms with Gasteiger partial charge in [0.25, 0.3) is 0 Å². The minimum Gasteiger partial charge on any atom is -0.396 e. The molecule has 0 amide bonds. The quantitative estimate of drug-likeness (QED) is 0.828. The summed E-state index contributed by atoms with van der Waals surface area (Å²) in [5.74, 6) is 0. The molecule has 0 aliphatic rings. The molecular weight excluding hydrogens is 190 g/mol. The van der Waals surface area contributed by atoms with Crippen molar-refractivity contribution in [3.63, 3.8) is 0 Å². The van der Waals surface area contributed by atoms with Gasteiger partial charge in [0, 0.05) is 0 Å². The minimum atomic E-state index is -0.225. The van der Waals surface area contributed by atoms with Crippen LogP contribution in [-0.2, 0) is 11.3 Å². The summed E-state index contributed by atoms with van der Waals surface area (Å²) in [6.07, 6.45) is 1.90. The SMILES string of the molecule is Cc1c(N)cnn1CC(C)(C)OC(C)C. The molecule has 1 rings (SSSR count). The largest absolute Gasteiger partial charge is 0.396 e. The minimum absolute atomic E-state index is 0.216. The van der Waals surface area contributed by atoms with Crippen LogP contribution in [0.3, 0.4) is 0 Å². The summed E-state index contributed by atoms with van der Waals surface area (Å²) < 4.78 is 7.69. The number of hydrogen-bond acceptors (Lipinski definition) is 3. The van der Waals surface area contributed by atoms with E-state index >= 15 is 0 Å². The van der Waals surface area contributed by atoms with Gasteiger partial charge < -0.3 is 10.5 Å². The third-order valence-corrected chi connectivity index (χ3v) is 2.23. The molecule has 0 spiro atoms. The van der Waals surface area contributed by atoms with Gasteiger partial charge in [-0.05, 0) is 34.6 Å². The first-order valence-corrected chi connectivity index (χ1v) is 5.27. The molecule has 0 fully saturated rings. The number of anilines is 1. The number of ether oxygens (including phenoxy) is 1. The number of nitrogens with zero attached hydrogens (tertiary/aromatic N) is 2. The fourth-order valence-electron chi connectivity index (χ4n) is 1.66. The van der Waals surface area contributed by atoms with Crippen LogP contribution in [0.1, 0.15) is 33.4 Å². The summed E-state index contributed by atoms with van der Waals surface area (Å²) in [7, 11) is 0. The second-order valence-corrected chi connectivity index (χ2v) is 4.77. The molecule has 0 aromatic carbocycles. The number of aromatic nitrogens is 2. The van der Waals surface area contributed by atoms with E-state index in [9.17, 15) is 0 Å². The highest BCUT2D eigenvalue weighted by Crippen LogP contribution is 2.17. The summed E-state index contributed by atoms with van der Waals surface area (Å²) >= 11 is 0. The molecule has 0 aliphatic heterocycles. The van der Waals surface area contributed by atoms with E-state index in [1.807, 2.05) is 25.5 Å². The Bertz CT molecular complexity index is 329. The number of hydrogen-bond donors (Lipinski definition) is 1. The highest BCUT2D eigenvalue weighted by atomic mass is 16.5. The molecule has 4 heteroatoms. The second kappa shape index (κ2) is 4.23. The zero-order chi connectivity index (χ0) is 11.6. The van der Waals surface area contributed by atoms with Crippen LogP contribution < -0.4 is 5.73 Å². The predicted octanol–water partition coefficient (Wildman–Crippen LogP) is 1.98. The van der Waals surface area contributed by atoms with Gasteiger partial charge in [-0.25, -0.2) is 0 Å². The standard InChI is InChI=1S/C11H21N3O/c1-8(2)15-11(4,5)7-14-9(3)10(12)6-13-14/h6,8H,7,12H2,1-5H3. The first-order valence-electron chi connectivity index (χ1n) is 5.27. The van der Waals surface area contributed by atoms with Crippen molar-refractivity contribution in [3.05, 3.63) is 11.9 Å². The molecule has 0 saturated heterocycles. The molecule has 0 bridgehead atoms. The van der Waals surface area contributed by atoms with Crippen molar-refractivity contribution in [3.8, 4) is 0 Å². The van der Waals surface area contributed by atoms with Crippen molar-refractivity contribution in [1.82, 2.24) is 9.78 Å². The highest BCUT2D eigenvalue weighted by molar-refractivity contribution is 5.39. The van der Waals surface area contributed by atoms with Gasteiger partial charge in [0.1, 0.15) is 0 Å². The van der Waals surface area contributed by atoms with E-state index in [0.29, 0.717) is 6.54 Å². The molecule has 0 unspecified atom stereocenters. The van der Waals surface area contributed by atoms with Gasteiger partial charge in [0.05, 0.1) is 35.8 Å². The first-order chi connectivity index (χ1) is 6.82. The Labute approximate surface area is 91.4 Å². The average Bonchev–Trinajstić information content (AvgIpc) is 2.33. The second-order valence-electron chi connectivity index (χ2n) is 4.77. The van der Waals surface area contributed by atoms with Crippen LogP contribution >= 0.6 is 0 Å². The van der Waals surface area contributed by atoms with Crippen LogP contribution in [0, 0.1) is 6.92 Å². The van der Waals surface area contributed by atoms with Gasteiger partial charge in [0.2, 0.25) is 0 Å². The fourth-order valence-corrected chi connectivity index (χ4v) is 1.66. The zero-order valence-corrected chi connectivity index (χ0v) is 10.2. The summed E-state index contributed by atoms with van der Waals surface area (Å²) in [6, 6.07) is 0. The van der Waals surface area contributed by atoms with Gasteiger partial charge in [-0.15, -0.1) is 0 Å². The molecule has 2 N–H and O–H groups in total. The monoisotopic (exact) mass is 211 g/mol. The van der Waals surface area contributed by atoms with Crippen molar-refractivity contribution in [2.75, 3.05) is 5.73 Å². The van der Waals surface area contributed by atoms with E-state index in [4.69, 9.17) is 10.5 Å². The van der Waals surface area contributed by atoms with E-state index in [0.717, 1.165) is 11.4 Å². The smallest absolute Gasteiger partial charge is 0.0825 e. The van der Waals surface area contributed by atoms with Crippen LogP contribution in [-0.4, -0.2) is 21.5 Å². The molecule has 1 aromatic heterocycles. The lowest BCUT2D eigenvalue weighted by molar-refractivity contribution is -0.0673. The average molecular weight is 211 g/mol. The van der Waals surface area contributed by atoms with Crippen LogP contribution in [0.15, 0.2) is 6.20 Å². The van der Waals surface area contributed by atoms with E-state index in [1.54, 1.807) is 6.20 Å². The van der Waals surface area contributed by atoms with Crippen LogP contribution in [0.25, 0.3) is 0 Å². The molecule has 86 valence electrons. The van der Waals surface area contributed by atoms with Crippen molar-refractivity contribution in [1.29, 1.82) is 0 Å². The number of nitrogen functional groups attached to an aromatic ring is 1. The highest BCUT2D eigenvalue weighted by Gasteiger charge is 2.22. The van der Waals surface area contributed by atoms with Crippen LogP contribution in [0.5, 0.6) is 0 Å². The van der Waals surface area contributed by atoms with Crippen molar-refractivity contribution in [2.24, 2.45) is 0 Å². The molecule has 0 atom stereocenters. The Morgan fingerprint density at radius 3 is 2.53 bits per heavy atom. The zero-order valence-electron chi connectivity index (χ0n) is 10.2. The van der Waals surface area contributed by atoms with E-state index in [1.165, 1.54) is 0 Å². The van der Waals surface area contributed by atoms with Gasteiger partial charge >= 0.3 is 0 Å². The first kappa shape index (κ1) is 12.0. The van der Waals surface area contributed by atoms with Gasteiger partial charge in [-0.3, -0.25) is 4.68 Å². The van der Waals surface area contributed by atoms with E-state index in [-0.39, 0.29) is 11.7 Å². The third kappa shape index (κ3) is 3.23. The normalized spacial score (nSPS) is 12.4. The fraction of sp³-hybridized carbons (Fsp3) is 0.727. The Morgan fingerprint density at radius 2 is 2.13 bits per heavy atom. The number of rotatable bonds is 4. The van der Waals surface area contributed by atoms with Crippen LogP contribution in [0.4, 0.5) is 5.69 Å². The molecule has 0 radical (unpaired) electrons.